The summed E-state index contributed by atoms with van der Waals surface area (Å²) in [5.41, 5.74) is 5.91. The van der Waals surface area contributed by atoms with Crippen LogP contribution in [0.1, 0.15) is 129 Å². The average Bonchev–Trinajstić information content (AvgIpc) is 2.94. The zero-order chi connectivity index (χ0) is 34.6. The van der Waals surface area contributed by atoms with Crippen LogP contribution >= 0.6 is 0 Å². The Hall–Kier alpha value is -2.05. The summed E-state index contributed by atoms with van der Waals surface area (Å²) in [5, 5.41) is 0. The van der Waals surface area contributed by atoms with Crippen LogP contribution in [0.2, 0.25) is 39.3 Å². The van der Waals surface area contributed by atoms with E-state index in [0.717, 1.165) is 24.4 Å². The lowest BCUT2D eigenvalue weighted by molar-refractivity contribution is 0.334. The van der Waals surface area contributed by atoms with E-state index in [4.69, 9.17) is 8.85 Å². The van der Waals surface area contributed by atoms with Crippen LogP contribution in [0, 0.1) is 0 Å². The Morgan fingerprint density at radius 1 is 0.413 bits per heavy atom. The van der Waals surface area contributed by atoms with Gasteiger partial charge in [0.2, 0.25) is 16.6 Å². The average molecular weight is 661 g/mol. The van der Waals surface area contributed by atoms with Crippen LogP contribution in [0.5, 0.6) is 0 Å². The molecule has 46 heavy (non-hydrogen) atoms. The van der Waals surface area contributed by atoms with E-state index in [2.05, 4.69) is 155 Å². The van der Waals surface area contributed by atoms with Gasteiger partial charge in [0.15, 0.2) is 0 Å². The summed E-state index contributed by atoms with van der Waals surface area (Å²) in [5.74, 6) is 1.85. The van der Waals surface area contributed by atoms with Gasteiger partial charge in [0.25, 0.3) is 0 Å². The number of hydrogen-bond donors (Lipinski definition) is 0. The van der Waals surface area contributed by atoms with E-state index < -0.39 is 16.6 Å². The molecule has 2 aromatic rings. The Balaban J connectivity index is 2.10. The molecule has 0 atom stereocenters. The predicted molar refractivity (Wildman–Crippen MR) is 207 cm³/mol. The highest BCUT2D eigenvalue weighted by Crippen LogP contribution is 2.37. The Morgan fingerprint density at radius 3 is 0.935 bits per heavy atom. The third-order valence-electron chi connectivity index (χ3n) is 9.92. The lowest BCUT2D eigenvalue weighted by Gasteiger charge is -2.32. The Bertz CT molecular complexity index is 1220. The van der Waals surface area contributed by atoms with Gasteiger partial charge in [-0.3, -0.25) is 0 Å². The molecule has 4 bridgehead atoms. The summed E-state index contributed by atoms with van der Waals surface area (Å²) in [6.45, 7) is 32.7. The molecule has 0 saturated heterocycles. The van der Waals surface area contributed by atoms with Gasteiger partial charge in [-0.1, -0.05) is 130 Å². The zero-order valence-corrected chi connectivity index (χ0v) is 34.2. The monoisotopic (exact) mass is 660 g/mol. The first-order valence-corrected chi connectivity index (χ1v) is 24.8. The second kappa shape index (κ2) is 14.6. The molecule has 0 saturated carbocycles. The molecule has 0 N–H and O–H groups in total. The van der Waals surface area contributed by atoms with E-state index in [1.54, 1.807) is 0 Å². The first-order valence-electron chi connectivity index (χ1n) is 18.0. The Labute approximate surface area is 286 Å². The van der Waals surface area contributed by atoms with Gasteiger partial charge in [-0.2, -0.15) is 0 Å². The summed E-state index contributed by atoms with van der Waals surface area (Å²) in [6, 6.07) is 19.0. The van der Waals surface area contributed by atoms with Crippen molar-refractivity contribution in [3.05, 3.63) is 94.5 Å². The Kier molecular flexibility index (Phi) is 12.2. The lowest BCUT2D eigenvalue weighted by Crippen LogP contribution is -2.30. The molecule has 4 heteroatoms. The first kappa shape index (κ1) is 38.4. The summed E-state index contributed by atoms with van der Waals surface area (Å²) in [4.78, 5) is 0. The second-order valence-corrected chi connectivity index (χ2v) is 27.4. The van der Waals surface area contributed by atoms with Crippen molar-refractivity contribution in [3.8, 4) is 0 Å². The normalized spacial score (nSPS) is 23.3. The summed E-state index contributed by atoms with van der Waals surface area (Å²) < 4.78 is 13.7. The third-order valence-corrected chi connectivity index (χ3v) is 11.6. The fourth-order valence-corrected chi connectivity index (χ4v) is 8.18. The zero-order valence-electron chi connectivity index (χ0n) is 32.2. The summed E-state index contributed by atoms with van der Waals surface area (Å²) in [7, 11) is -3.82. The van der Waals surface area contributed by atoms with Crippen molar-refractivity contribution >= 4 is 16.6 Å². The fraction of sp³-hybridized carbons (Fsp3) is 0.619. The maximum Gasteiger partial charge on any atom is 0.242 e. The maximum atomic E-state index is 6.85. The minimum Gasteiger partial charge on any atom is -0.542 e. The molecular formula is C42H68O2Si2. The molecule has 0 unspecified atom stereocenters. The Morgan fingerprint density at radius 2 is 0.674 bits per heavy atom. The molecule has 0 heterocycles. The first-order chi connectivity index (χ1) is 21.0. The van der Waals surface area contributed by atoms with Crippen molar-refractivity contribution in [2.75, 3.05) is 0 Å². The van der Waals surface area contributed by atoms with Gasteiger partial charge in [-0.05, 0) is 121 Å². The molecule has 0 radical (unpaired) electrons. The molecule has 2 nitrogen and oxygen atoms in total. The largest absolute Gasteiger partial charge is 0.542 e. The molecule has 0 spiro atoms. The van der Waals surface area contributed by atoms with E-state index in [1.807, 2.05) is 0 Å². The highest BCUT2D eigenvalue weighted by molar-refractivity contribution is 6.70. The maximum absolute atomic E-state index is 6.85. The summed E-state index contributed by atoms with van der Waals surface area (Å²) in [6.07, 6.45) is 14.0. The van der Waals surface area contributed by atoms with Crippen LogP contribution in [0.25, 0.3) is 0 Å². The number of rotatable bonds is 4. The van der Waals surface area contributed by atoms with Gasteiger partial charge in [0.1, 0.15) is 11.5 Å². The molecule has 256 valence electrons. The topological polar surface area (TPSA) is 18.5 Å². The minimum atomic E-state index is -1.91. The van der Waals surface area contributed by atoms with Crippen LogP contribution in [0.3, 0.4) is 0 Å². The van der Waals surface area contributed by atoms with Crippen LogP contribution in [-0.4, -0.2) is 16.6 Å². The van der Waals surface area contributed by atoms with E-state index in [-0.39, 0.29) is 21.7 Å². The van der Waals surface area contributed by atoms with Gasteiger partial charge >= 0.3 is 0 Å². The van der Waals surface area contributed by atoms with E-state index in [0.29, 0.717) is 0 Å². The lowest BCUT2D eigenvalue weighted by atomic mass is 9.76. The van der Waals surface area contributed by atoms with Crippen molar-refractivity contribution in [2.45, 2.75) is 168 Å². The second-order valence-electron chi connectivity index (χ2n) is 18.6. The minimum absolute atomic E-state index is 0.0381. The van der Waals surface area contributed by atoms with Gasteiger partial charge in [0.05, 0.1) is 0 Å². The molecular weight excluding hydrogens is 593 g/mol. The molecule has 0 amide bonds. The predicted octanol–water partition coefficient (Wildman–Crippen LogP) is 13.1. The molecule has 4 aliphatic carbocycles. The van der Waals surface area contributed by atoms with Crippen molar-refractivity contribution < 1.29 is 8.85 Å². The fourth-order valence-electron chi connectivity index (χ4n) is 6.50. The van der Waals surface area contributed by atoms with Crippen molar-refractivity contribution in [1.29, 1.82) is 0 Å². The SMILES string of the molecule is CC1(C)C/C=C(O[Si](C)(C)C)/C(O[Si](C)(C)C)=C\CC(C)(C)c2ccc(cc2)C(C)(C)CCCCCCC(C)(C)c2ccc1cc2. The molecule has 0 aliphatic heterocycles. The van der Waals surface area contributed by atoms with Crippen LogP contribution in [0.15, 0.2) is 72.2 Å². The van der Waals surface area contributed by atoms with Gasteiger partial charge in [0, 0.05) is 0 Å². The third kappa shape index (κ3) is 11.3. The highest BCUT2D eigenvalue weighted by Gasteiger charge is 2.29. The van der Waals surface area contributed by atoms with Gasteiger partial charge < -0.3 is 8.85 Å². The van der Waals surface area contributed by atoms with Crippen molar-refractivity contribution in [2.24, 2.45) is 0 Å². The van der Waals surface area contributed by atoms with E-state index in [1.165, 1.54) is 60.8 Å². The number of benzene rings is 2. The quantitative estimate of drug-likeness (QED) is 0.304. The molecule has 6 rings (SSSR count). The smallest absolute Gasteiger partial charge is 0.242 e. The van der Waals surface area contributed by atoms with Crippen LogP contribution in [0.4, 0.5) is 0 Å². The van der Waals surface area contributed by atoms with Crippen molar-refractivity contribution in [1.82, 2.24) is 0 Å². The molecule has 0 aromatic heterocycles. The van der Waals surface area contributed by atoms with Gasteiger partial charge in [-0.25, -0.2) is 0 Å². The van der Waals surface area contributed by atoms with Crippen LogP contribution < -0.4 is 0 Å². The number of allylic oxidation sites excluding steroid dienone is 2. The van der Waals surface area contributed by atoms with E-state index >= 15 is 0 Å². The molecule has 2 aromatic carbocycles. The standard InChI is InChI=1S/C42H68O2Si2/c1-39(2)29-17-15-16-18-30-40(3,4)34-21-25-36(26-22-34)42(7,8)32-28-38(44-46(12,13)14)37(43-45(9,10)11)27-31-41(5,6)35-23-19-33(39)20-24-35/h19-28H,15-18,29-32H2,1-14H3/b37-27-,38-28+. The highest BCUT2D eigenvalue weighted by atomic mass is 28.4. The molecule has 0 fully saturated rings. The summed E-state index contributed by atoms with van der Waals surface area (Å²) >= 11 is 0. The van der Waals surface area contributed by atoms with Crippen LogP contribution in [-0.2, 0) is 30.5 Å². The number of hydrogen-bond acceptors (Lipinski definition) is 2. The van der Waals surface area contributed by atoms with E-state index in [9.17, 15) is 0 Å². The molecule has 4 aliphatic rings. The van der Waals surface area contributed by atoms with Crippen molar-refractivity contribution in [3.63, 3.8) is 0 Å². The van der Waals surface area contributed by atoms with Gasteiger partial charge in [-0.15, -0.1) is 0 Å².